The van der Waals surface area contributed by atoms with Crippen LogP contribution in [-0.4, -0.2) is 43.7 Å². The molecule has 32 heavy (non-hydrogen) atoms. The number of hydrogen-bond donors (Lipinski definition) is 3. The zero-order valence-corrected chi connectivity index (χ0v) is 17.2. The van der Waals surface area contributed by atoms with Crippen LogP contribution in [0.3, 0.4) is 0 Å². The van der Waals surface area contributed by atoms with E-state index in [1.54, 1.807) is 42.7 Å². The number of carbonyl (C=O) groups excluding carboxylic acids is 1. The predicted molar refractivity (Wildman–Crippen MR) is 122 cm³/mol. The average Bonchev–Trinajstić information content (AvgIpc) is 2.83. The van der Waals surface area contributed by atoms with Crippen molar-refractivity contribution >= 4 is 34.1 Å². The monoisotopic (exact) mass is 430 g/mol. The molecule has 10 heteroatoms. The van der Waals surface area contributed by atoms with Gasteiger partial charge in [-0.3, -0.25) is 19.1 Å². The van der Waals surface area contributed by atoms with Gasteiger partial charge in [-0.15, -0.1) is 10.2 Å². The number of hydrogen-bond acceptors (Lipinski definition) is 8. The summed E-state index contributed by atoms with van der Waals surface area (Å²) < 4.78 is 1.46. The first-order valence-corrected chi connectivity index (χ1v) is 10.1. The number of amides is 1. The maximum Gasteiger partial charge on any atom is 0.261 e. The maximum atomic E-state index is 12.4. The van der Waals surface area contributed by atoms with Crippen LogP contribution >= 0.6 is 0 Å². The van der Waals surface area contributed by atoms with Gasteiger partial charge in [0.2, 0.25) is 5.91 Å². The molecule has 3 aromatic heterocycles. The highest BCUT2D eigenvalue weighted by atomic mass is 16.1. The summed E-state index contributed by atoms with van der Waals surface area (Å²) in [5, 5.41) is 17.8. The predicted octanol–water partition coefficient (Wildman–Crippen LogP) is 1.94. The van der Waals surface area contributed by atoms with Crippen molar-refractivity contribution in [2.45, 2.75) is 13.0 Å². The number of anilines is 3. The zero-order chi connectivity index (χ0) is 22.2. The zero-order valence-electron chi connectivity index (χ0n) is 17.2. The molecule has 0 saturated carbocycles. The van der Waals surface area contributed by atoms with Crippen LogP contribution in [0.4, 0.5) is 17.3 Å². The lowest BCUT2D eigenvalue weighted by molar-refractivity contribution is -0.121. The molecule has 0 bridgehead atoms. The Morgan fingerprint density at radius 3 is 2.62 bits per heavy atom. The highest BCUT2D eigenvalue weighted by Crippen LogP contribution is 2.12. The summed E-state index contributed by atoms with van der Waals surface area (Å²) in [7, 11) is 0. The summed E-state index contributed by atoms with van der Waals surface area (Å²) in [5.74, 6) is 1.06. The first-order chi connectivity index (χ1) is 15.7. The van der Waals surface area contributed by atoms with E-state index in [2.05, 4.69) is 36.1 Å². The molecular weight excluding hydrogens is 408 g/mol. The van der Waals surface area contributed by atoms with E-state index < -0.39 is 0 Å². The SMILES string of the molecule is O=C(CCn1cnc2ccccc2c1=O)NCCNc1ccc(Nc2cccnc2)nn1. The van der Waals surface area contributed by atoms with Crippen molar-refractivity contribution in [2.75, 3.05) is 23.7 Å². The van der Waals surface area contributed by atoms with Crippen molar-refractivity contribution in [3.8, 4) is 0 Å². The number of carbonyl (C=O) groups is 1. The Morgan fingerprint density at radius 2 is 1.81 bits per heavy atom. The molecule has 0 atom stereocenters. The molecule has 162 valence electrons. The second-order valence-corrected chi connectivity index (χ2v) is 6.96. The van der Waals surface area contributed by atoms with Gasteiger partial charge in [0.1, 0.15) is 5.82 Å². The third-order valence-corrected chi connectivity index (χ3v) is 4.66. The minimum atomic E-state index is -0.148. The quantitative estimate of drug-likeness (QED) is 0.344. The average molecular weight is 430 g/mol. The molecule has 0 aliphatic heterocycles. The van der Waals surface area contributed by atoms with Crippen LogP contribution in [0.5, 0.6) is 0 Å². The largest absolute Gasteiger partial charge is 0.367 e. The second-order valence-electron chi connectivity index (χ2n) is 6.96. The number of nitrogens with zero attached hydrogens (tertiary/aromatic N) is 5. The summed E-state index contributed by atoms with van der Waals surface area (Å²) in [5.41, 5.74) is 1.32. The molecule has 4 aromatic rings. The first-order valence-electron chi connectivity index (χ1n) is 10.1. The van der Waals surface area contributed by atoms with Gasteiger partial charge in [-0.05, 0) is 36.4 Å². The molecule has 1 aromatic carbocycles. The number of fused-ring (bicyclic) bond motifs is 1. The number of rotatable bonds is 9. The lowest BCUT2D eigenvalue weighted by Crippen LogP contribution is -2.31. The molecule has 4 rings (SSSR count). The van der Waals surface area contributed by atoms with E-state index in [0.717, 1.165) is 5.69 Å². The number of nitrogens with one attached hydrogen (secondary N) is 3. The Bertz CT molecular complexity index is 1240. The van der Waals surface area contributed by atoms with Gasteiger partial charge >= 0.3 is 0 Å². The van der Waals surface area contributed by atoms with Crippen molar-refractivity contribution in [3.63, 3.8) is 0 Å². The van der Waals surface area contributed by atoms with Gasteiger partial charge < -0.3 is 16.0 Å². The minimum absolute atomic E-state index is 0.144. The molecule has 1 amide bonds. The topological polar surface area (TPSA) is 127 Å². The summed E-state index contributed by atoms with van der Waals surface area (Å²) in [4.78, 5) is 32.8. The van der Waals surface area contributed by atoms with E-state index in [9.17, 15) is 9.59 Å². The van der Waals surface area contributed by atoms with Crippen LogP contribution in [0, 0.1) is 0 Å². The molecular formula is C22H22N8O2. The molecule has 0 fully saturated rings. The number of pyridine rings is 1. The molecule has 0 aliphatic rings. The van der Waals surface area contributed by atoms with Crippen LogP contribution in [0.2, 0.25) is 0 Å². The fraction of sp³-hybridized carbons (Fsp3) is 0.182. The van der Waals surface area contributed by atoms with Gasteiger partial charge in [-0.1, -0.05) is 12.1 Å². The molecule has 0 saturated heterocycles. The van der Waals surface area contributed by atoms with Crippen molar-refractivity contribution in [1.82, 2.24) is 30.0 Å². The van der Waals surface area contributed by atoms with Crippen LogP contribution < -0.4 is 21.5 Å². The van der Waals surface area contributed by atoms with Gasteiger partial charge in [0, 0.05) is 32.3 Å². The molecule has 3 heterocycles. The highest BCUT2D eigenvalue weighted by molar-refractivity contribution is 5.77. The fourth-order valence-corrected chi connectivity index (χ4v) is 3.05. The minimum Gasteiger partial charge on any atom is -0.367 e. The number of para-hydroxylation sites is 1. The van der Waals surface area contributed by atoms with Crippen LogP contribution in [0.1, 0.15) is 6.42 Å². The summed E-state index contributed by atoms with van der Waals surface area (Å²) in [6, 6.07) is 14.5. The molecule has 0 aliphatic carbocycles. The number of aromatic nitrogens is 5. The highest BCUT2D eigenvalue weighted by Gasteiger charge is 2.06. The standard InChI is InChI=1S/C22H22N8O2/c31-21(9-13-30-15-26-18-6-2-1-5-17(18)22(30)32)25-12-11-24-19-7-8-20(29-28-19)27-16-4-3-10-23-14-16/h1-8,10,14-15H,9,11-13H2,(H,24,28)(H,25,31)(H,27,29). The smallest absolute Gasteiger partial charge is 0.261 e. The van der Waals surface area contributed by atoms with Crippen LogP contribution in [-0.2, 0) is 11.3 Å². The molecule has 10 nitrogen and oxygen atoms in total. The fourth-order valence-electron chi connectivity index (χ4n) is 3.05. The summed E-state index contributed by atoms with van der Waals surface area (Å²) in [6.45, 7) is 1.18. The van der Waals surface area contributed by atoms with E-state index in [1.807, 2.05) is 18.2 Å². The Morgan fingerprint density at radius 1 is 0.969 bits per heavy atom. The van der Waals surface area contributed by atoms with Gasteiger partial charge in [-0.25, -0.2) is 4.98 Å². The van der Waals surface area contributed by atoms with E-state index >= 15 is 0 Å². The van der Waals surface area contributed by atoms with E-state index in [4.69, 9.17) is 0 Å². The third kappa shape index (κ3) is 5.42. The number of aryl methyl sites for hydroxylation is 1. The van der Waals surface area contributed by atoms with E-state index in [1.165, 1.54) is 10.9 Å². The van der Waals surface area contributed by atoms with Gasteiger partial charge in [0.25, 0.3) is 5.56 Å². The second kappa shape index (κ2) is 10.1. The Hall–Kier alpha value is -4.34. The maximum absolute atomic E-state index is 12.4. The van der Waals surface area contributed by atoms with Gasteiger partial charge in [0.15, 0.2) is 5.82 Å². The Labute approximate surface area is 183 Å². The van der Waals surface area contributed by atoms with Crippen molar-refractivity contribution in [2.24, 2.45) is 0 Å². The number of benzene rings is 1. The molecule has 0 radical (unpaired) electrons. The summed E-state index contributed by atoms with van der Waals surface area (Å²) in [6.07, 6.45) is 5.06. The van der Waals surface area contributed by atoms with Gasteiger partial charge in [0.05, 0.1) is 29.1 Å². The van der Waals surface area contributed by atoms with Gasteiger partial charge in [-0.2, -0.15) is 0 Å². The molecule has 0 unspecified atom stereocenters. The van der Waals surface area contributed by atoms with Crippen molar-refractivity contribution in [3.05, 3.63) is 77.6 Å². The Kier molecular flexibility index (Phi) is 6.61. The van der Waals surface area contributed by atoms with Crippen molar-refractivity contribution < 1.29 is 4.79 Å². The van der Waals surface area contributed by atoms with Crippen LogP contribution in [0.15, 0.2) is 72.0 Å². The lowest BCUT2D eigenvalue weighted by Gasteiger charge is -2.09. The lowest BCUT2D eigenvalue weighted by atomic mass is 10.2. The molecule has 0 spiro atoms. The van der Waals surface area contributed by atoms with E-state index in [-0.39, 0.29) is 24.4 Å². The normalized spacial score (nSPS) is 10.6. The Balaban J connectivity index is 1.18. The summed E-state index contributed by atoms with van der Waals surface area (Å²) >= 11 is 0. The third-order valence-electron chi connectivity index (χ3n) is 4.66. The van der Waals surface area contributed by atoms with E-state index in [0.29, 0.717) is 35.6 Å². The van der Waals surface area contributed by atoms with Crippen molar-refractivity contribution in [1.29, 1.82) is 0 Å². The van der Waals surface area contributed by atoms with Crippen LogP contribution in [0.25, 0.3) is 10.9 Å². The molecule has 3 N–H and O–H groups in total. The first kappa shape index (κ1) is 20.9.